The maximum absolute atomic E-state index is 13.0. The van der Waals surface area contributed by atoms with Gasteiger partial charge in [0.15, 0.2) is 0 Å². The number of sulfonamides is 1. The van der Waals surface area contributed by atoms with Crippen molar-refractivity contribution in [3.63, 3.8) is 0 Å². The second-order valence-electron chi connectivity index (χ2n) is 8.77. The van der Waals surface area contributed by atoms with E-state index in [2.05, 4.69) is 9.80 Å². The first-order valence-corrected chi connectivity index (χ1v) is 12.8. The van der Waals surface area contributed by atoms with Crippen LogP contribution in [0.1, 0.15) is 44.1 Å². The van der Waals surface area contributed by atoms with Crippen molar-refractivity contribution in [2.24, 2.45) is 5.92 Å². The molecule has 0 spiro atoms. The Morgan fingerprint density at radius 3 is 2.40 bits per heavy atom. The van der Waals surface area contributed by atoms with E-state index in [-0.39, 0.29) is 5.91 Å². The zero-order valence-electron chi connectivity index (χ0n) is 17.7. The lowest BCUT2D eigenvalue weighted by molar-refractivity contribution is -0.139. The molecule has 0 bridgehead atoms. The molecule has 164 valence electrons. The molecule has 0 aromatic heterocycles. The molecule has 2 saturated heterocycles. The predicted molar refractivity (Wildman–Crippen MR) is 119 cm³/mol. The first-order valence-electron chi connectivity index (χ1n) is 11.3. The van der Waals surface area contributed by atoms with Gasteiger partial charge in [0.25, 0.3) is 0 Å². The number of piperidine rings is 1. The number of fused-ring (bicyclic) bond motifs is 1. The van der Waals surface area contributed by atoms with Crippen molar-refractivity contribution >= 4 is 22.0 Å². The third-order valence-electron chi connectivity index (χ3n) is 6.85. The number of nitrogens with zero attached hydrogens (tertiary/aromatic N) is 3. The van der Waals surface area contributed by atoms with Gasteiger partial charge in [-0.15, -0.1) is 0 Å². The molecular weight excluding hydrogens is 398 g/mol. The predicted octanol–water partition coefficient (Wildman–Crippen LogP) is 2.79. The minimum absolute atomic E-state index is 0.229. The fourth-order valence-corrected chi connectivity index (χ4v) is 6.35. The molecule has 0 unspecified atom stereocenters. The van der Waals surface area contributed by atoms with Crippen molar-refractivity contribution in [3.05, 3.63) is 41.3 Å². The van der Waals surface area contributed by atoms with Gasteiger partial charge in [0.1, 0.15) is 0 Å². The molecule has 1 aliphatic carbocycles. The van der Waals surface area contributed by atoms with Crippen molar-refractivity contribution in [3.8, 4) is 0 Å². The maximum atomic E-state index is 13.0. The largest absolute Gasteiger partial charge is 0.338 e. The Labute approximate surface area is 180 Å². The van der Waals surface area contributed by atoms with Crippen molar-refractivity contribution in [2.45, 2.75) is 44.6 Å². The van der Waals surface area contributed by atoms with Gasteiger partial charge in [0.05, 0.1) is 6.54 Å². The summed E-state index contributed by atoms with van der Waals surface area (Å²) in [5, 5.41) is 1.29. The van der Waals surface area contributed by atoms with Gasteiger partial charge in [0.2, 0.25) is 15.9 Å². The van der Waals surface area contributed by atoms with Crippen LogP contribution >= 0.6 is 0 Å². The van der Waals surface area contributed by atoms with Crippen LogP contribution in [0, 0.1) is 5.92 Å². The molecule has 1 aromatic rings. The summed E-state index contributed by atoms with van der Waals surface area (Å²) in [5.74, 6) is 0.918. The minimum atomic E-state index is -3.44. The molecule has 2 atom stereocenters. The highest BCUT2D eigenvalue weighted by atomic mass is 32.2. The molecule has 0 N–H and O–H groups in total. The van der Waals surface area contributed by atoms with Crippen LogP contribution in [0.3, 0.4) is 0 Å². The molecule has 1 saturated carbocycles. The Kier molecular flexibility index (Phi) is 6.91. The Bertz CT molecular complexity index is 846. The highest BCUT2D eigenvalue weighted by Crippen LogP contribution is 2.35. The van der Waals surface area contributed by atoms with E-state index in [0.717, 1.165) is 24.9 Å². The van der Waals surface area contributed by atoms with Crippen LogP contribution in [0.4, 0.5) is 0 Å². The van der Waals surface area contributed by atoms with E-state index in [0.29, 0.717) is 44.7 Å². The molecule has 4 rings (SSSR count). The van der Waals surface area contributed by atoms with Gasteiger partial charge in [-0.3, -0.25) is 9.69 Å². The summed E-state index contributed by atoms with van der Waals surface area (Å²) in [6.07, 6.45) is 8.98. The Morgan fingerprint density at radius 2 is 1.63 bits per heavy atom. The van der Waals surface area contributed by atoms with E-state index in [9.17, 15) is 13.2 Å². The van der Waals surface area contributed by atoms with Gasteiger partial charge in [-0.05, 0) is 43.2 Å². The summed E-state index contributed by atoms with van der Waals surface area (Å²) in [7, 11) is -3.44. The number of benzene rings is 1. The van der Waals surface area contributed by atoms with E-state index in [1.807, 2.05) is 30.3 Å². The van der Waals surface area contributed by atoms with E-state index >= 15 is 0 Å². The van der Waals surface area contributed by atoms with Crippen LogP contribution in [0.15, 0.2) is 35.7 Å². The van der Waals surface area contributed by atoms with E-state index in [1.165, 1.54) is 35.4 Å². The van der Waals surface area contributed by atoms with E-state index < -0.39 is 10.0 Å². The number of amides is 1. The topological polar surface area (TPSA) is 60.9 Å². The lowest BCUT2D eigenvalue weighted by atomic mass is 9.78. The second kappa shape index (κ2) is 9.62. The van der Waals surface area contributed by atoms with Gasteiger partial charge in [0, 0.05) is 44.2 Å². The first kappa shape index (κ1) is 21.5. The number of carbonyl (C=O) groups is 1. The molecule has 2 aliphatic heterocycles. The third kappa shape index (κ3) is 5.13. The Morgan fingerprint density at radius 1 is 0.933 bits per heavy atom. The minimum Gasteiger partial charge on any atom is -0.338 e. The number of hydrogen-bond donors (Lipinski definition) is 0. The van der Waals surface area contributed by atoms with Crippen LogP contribution in [0.5, 0.6) is 0 Å². The van der Waals surface area contributed by atoms with Gasteiger partial charge >= 0.3 is 0 Å². The number of piperazine rings is 1. The lowest BCUT2D eigenvalue weighted by Crippen LogP contribution is -2.55. The highest BCUT2D eigenvalue weighted by molar-refractivity contribution is 7.92. The molecule has 3 aliphatic rings. The molecule has 1 amide bonds. The molecule has 30 heavy (non-hydrogen) atoms. The average Bonchev–Trinajstić information content (AvgIpc) is 2.78. The van der Waals surface area contributed by atoms with Crippen molar-refractivity contribution in [2.75, 3.05) is 39.3 Å². The van der Waals surface area contributed by atoms with Crippen molar-refractivity contribution < 1.29 is 13.2 Å². The summed E-state index contributed by atoms with van der Waals surface area (Å²) in [4.78, 5) is 17.3. The number of rotatable bonds is 5. The van der Waals surface area contributed by atoms with Crippen LogP contribution in [-0.2, 0) is 14.8 Å². The molecule has 7 heteroatoms. The molecule has 6 nitrogen and oxygen atoms in total. The van der Waals surface area contributed by atoms with E-state index in [1.54, 1.807) is 6.08 Å². The summed E-state index contributed by atoms with van der Waals surface area (Å²) in [6.45, 7) is 3.37. The van der Waals surface area contributed by atoms with Crippen molar-refractivity contribution in [1.82, 2.24) is 14.1 Å². The van der Waals surface area contributed by atoms with Gasteiger partial charge in [-0.2, -0.15) is 4.31 Å². The smallest absolute Gasteiger partial charge is 0.237 e. The van der Waals surface area contributed by atoms with Gasteiger partial charge in [-0.25, -0.2) is 8.42 Å². The number of carbonyl (C=O) groups excluding carboxylic acids is 1. The Hall–Kier alpha value is -1.70. The maximum Gasteiger partial charge on any atom is 0.237 e. The lowest BCUT2D eigenvalue weighted by Gasteiger charge is -2.45. The zero-order chi connectivity index (χ0) is 21.0. The molecule has 1 aromatic carbocycles. The fourth-order valence-electron chi connectivity index (χ4n) is 5.17. The molecule has 2 heterocycles. The molecular formula is C23H33N3O3S. The number of likely N-dealkylation sites (tertiary alicyclic amines) is 1. The Balaban J connectivity index is 1.29. The third-order valence-corrected chi connectivity index (χ3v) is 8.41. The molecule has 0 radical (unpaired) electrons. The average molecular weight is 432 g/mol. The second-order valence-corrected chi connectivity index (χ2v) is 10.6. The SMILES string of the molecule is O=C(CN1CCN(S(=O)(=O)/C=C/c2ccccc2)CC1)N1CCC[C@H]2CCCC[C@@H]21. The summed E-state index contributed by atoms with van der Waals surface area (Å²) in [5.41, 5.74) is 0.868. The summed E-state index contributed by atoms with van der Waals surface area (Å²) >= 11 is 0. The van der Waals surface area contributed by atoms with E-state index in [4.69, 9.17) is 0 Å². The number of hydrogen-bond acceptors (Lipinski definition) is 4. The molecule has 3 fully saturated rings. The van der Waals surface area contributed by atoms with Crippen LogP contribution in [0.2, 0.25) is 0 Å². The fraction of sp³-hybridized carbons (Fsp3) is 0.609. The van der Waals surface area contributed by atoms with Crippen LogP contribution in [-0.4, -0.2) is 73.7 Å². The van der Waals surface area contributed by atoms with Gasteiger partial charge in [-0.1, -0.05) is 43.2 Å². The zero-order valence-corrected chi connectivity index (χ0v) is 18.5. The highest BCUT2D eigenvalue weighted by Gasteiger charge is 2.36. The van der Waals surface area contributed by atoms with Crippen LogP contribution in [0.25, 0.3) is 6.08 Å². The normalized spacial score (nSPS) is 26.6. The summed E-state index contributed by atoms with van der Waals surface area (Å²) in [6, 6.07) is 9.88. The monoisotopic (exact) mass is 431 g/mol. The van der Waals surface area contributed by atoms with Crippen molar-refractivity contribution in [1.29, 1.82) is 0 Å². The first-order chi connectivity index (χ1) is 14.5. The van der Waals surface area contributed by atoms with Crippen LogP contribution < -0.4 is 0 Å². The standard InChI is InChI=1S/C23H33N3O3S/c27-23(26-13-6-10-21-9-4-5-11-22(21)26)19-24-14-16-25(17-15-24)30(28,29)18-12-20-7-2-1-3-8-20/h1-3,7-8,12,18,21-22H,4-6,9-11,13-17,19H2/b18-12+/t21-,22+/m1/s1. The van der Waals surface area contributed by atoms with Gasteiger partial charge < -0.3 is 4.90 Å². The quantitative estimate of drug-likeness (QED) is 0.719. The summed E-state index contributed by atoms with van der Waals surface area (Å²) < 4.78 is 26.8.